The van der Waals surface area contributed by atoms with Crippen LogP contribution in [0.25, 0.3) is 0 Å². The van der Waals surface area contributed by atoms with E-state index in [2.05, 4.69) is 10.0 Å². The summed E-state index contributed by atoms with van der Waals surface area (Å²) in [5.41, 5.74) is 2.75. The number of hydrogen-bond donors (Lipinski definition) is 2. The van der Waals surface area contributed by atoms with Crippen LogP contribution in [0.2, 0.25) is 0 Å². The first-order valence-electron chi connectivity index (χ1n) is 8.94. The van der Waals surface area contributed by atoms with Crippen LogP contribution in [0, 0.1) is 13.8 Å². The fourth-order valence-electron chi connectivity index (χ4n) is 2.89. The maximum absolute atomic E-state index is 13.0. The molecule has 0 atom stereocenters. The van der Waals surface area contributed by atoms with Crippen molar-refractivity contribution in [2.24, 2.45) is 0 Å². The largest absolute Gasteiger partial charge is 0.495 e. The molecule has 0 unspecified atom stereocenters. The van der Waals surface area contributed by atoms with Gasteiger partial charge in [0.2, 0.25) is 0 Å². The van der Waals surface area contributed by atoms with Gasteiger partial charge in [0.25, 0.3) is 15.9 Å². The average Bonchev–Trinajstić information content (AvgIpc) is 2.69. The molecule has 0 bridgehead atoms. The molecule has 0 fully saturated rings. The molecular formula is C22H22N2O4S. The lowest BCUT2D eigenvalue weighted by molar-refractivity contribution is 0.102. The fraction of sp³-hybridized carbons (Fsp3) is 0.136. The Morgan fingerprint density at radius 1 is 0.931 bits per heavy atom. The number of aryl methyl sites for hydroxylation is 2. The van der Waals surface area contributed by atoms with Crippen molar-refractivity contribution in [1.82, 2.24) is 0 Å². The van der Waals surface area contributed by atoms with Crippen molar-refractivity contribution in [2.45, 2.75) is 18.7 Å². The highest BCUT2D eigenvalue weighted by Crippen LogP contribution is 2.28. The Morgan fingerprint density at radius 3 is 2.41 bits per heavy atom. The first-order valence-corrected chi connectivity index (χ1v) is 10.4. The number of amides is 1. The third-order valence-electron chi connectivity index (χ3n) is 4.37. The van der Waals surface area contributed by atoms with Crippen LogP contribution in [0.4, 0.5) is 11.4 Å². The van der Waals surface area contributed by atoms with E-state index < -0.39 is 10.0 Å². The van der Waals surface area contributed by atoms with Crippen molar-refractivity contribution in [3.05, 3.63) is 83.4 Å². The lowest BCUT2D eigenvalue weighted by Gasteiger charge is -2.14. The van der Waals surface area contributed by atoms with E-state index >= 15 is 0 Å². The first kappa shape index (κ1) is 20.4. The highest BCUT2D eigenvalue weighted by atomic mass is 32.2. The monoisotopic (exact) mass is 410 g/mol. The molecule has 150 valence electrons. The second-order valence-electron chi connectivity index (χ2n) is 6.61. The van der Waals surface area contributed by atoms with Crippen LogP contribution in [0.15, 0.2) is 71.6 Å². The summed E-state index contributed by atoms with van der Waals surface area (Å²) in [6.07, 6.45) is 0. The highest BCUT2D eigenvalue weighted by Gasteiger charge is 2.20. The number of para-hydroxylation sites is 2. The van der Waals surface area contributed by atoms with Crippen LogP contribution in [0.5, 0.6) is 5.75 Å². The predicted molar refractivity (Wildman–Crippen MR) is 114 cm³/mol. The van der Waals surface area contributed by atoms with E-state index in [9.17, 15) is 13.2 Å². The van der Waals surface area contributed by atoms with Gasteiger partial charge in [0.15, 0.2) is 0 Å². The van der Waals surface area contributed by atoms with Crippen molar-refractivity contribution in [3.63, 3.8) is 0 Å². The van der Waals surface area contributed by atoms with E-state index in [0.717, 1.165) is 5.56 Å². The predicted octanol–water partition coefficient (Wildman–Crippen LogP) is 4.37. The van der Waals surface area contributed by atoms with Gasteiger partial charge in [-0.15, -0.1) is 0 Å². The van der Waals surface area contributed by atoms with E-state index in [-0.39, 0.29) is 10.8 Å². The normalized spacial score (nSPS) is 11.0. The van der Waals surface area contributed by atoms with E-state index in [1.54, 1.807) is 61.5 Å². The molecule has 3 rings (SSSR count). The van der Waals surface area contributed by atoms with Gasteiger partial charge in [-0.1, -0.05) is 35.9 Å². The molecule has 0 aliphatic carbocycles. The van der Waals surface area contributed by atoms with Crippen LogP contribution in [-0.2, 0) is 10.0 Å². The lowest BCUT2D eigenvalue weighted by atomic mass is 10.1. The van der Waals surface area contributed by atoms with Crippen molar-refractivity contribution in [3.8, 4) is 5.75 Å². The standard InChI is InChI=1S/C22H22N2O4S/c1-15-7-6-8-17(13-15)22(25)23-18-12-11-16(2)21(14-18)29(26,27)24-19-9-4-5-10-20(19)28-3/h4-14,24H,1-3H3,(H,23,25). The zero-order chi connectivity index (χ0) is 21.0. The molecule has 2 N–H and O–H groups in total. The average molecular weight is 410 g/mol. The van der Waals surface area contributed by atoms with E-state index in [4.69, 9.17) is 4.74 Å². The maximum atomic E-state index is 13.0. The highest BCUT2D eigenvalue weighted by molar-refractivity contribution is 7.92. The van der Waals surface area contributed by atoms with Gasteiger partial charge in [0.05, 0.1) is 17.7 Å². The molecule has 0 aliphatic heterocycles. The second kappa shape index (κ2) is 8.36. The van der Waals surface area contributed by atoms with Crippen LogP contribution >= 0.6 is 0 Å². The Labute approximate surface area is 170 Å². The number of anilines is 2. The third-order valence-corrected chi connectivity index (χ3v) is 5.87. The smallest absolute Gasteiger partial charge is 0.262 e. The molecule has 0 heterocycles. The Kier molecular flexibility index (Phi) is 5.89. The van der Waals surface area contributed by atoms with Crippen molar-refractivity contribution in [2.75, 3.05) is 17.1 Å². The number of ether oxygens (including phenoxy) is 1. The number of methoxy groups -OCH3 is 1. The van der Waals surface area contributed by atoms with Gasteiger partial charge in [-0.25, -0.2) is 8.42 Å². The van der Waals surface area contributed by atoms with Crippen LogP contribution in [-0.4, -0.2) is 21.4 Å². The van der Waals surface area contributed by atoms with E-state index in [1.807, 2.05) is 13.0 Å². The summed E-state index contributed by atoms with van der Waals surface area (Å²) in [4.78, 5) is 12.6. The summed E-state index contributed by atoms with van der Waals surface area (Å²) in [5, 5.41) is 2.76. The molecule has 3 aromatic carbocycles. The number of nitrogens with one attached hydrogen (secondary N) is 2. The van der Waals surface area contributed by atoms with Gasteiger partial charge >= 0.3 is 0 Å². The molecule has 0 spiro atoms. The van der Waals surface area contributed by atoms with Gasteiger partial charge in [0.1, 0.15) is 5.75 Å². The summed E-state index contributed by atoms with van der Waals surface area (Å²) in [6, 6.07) is 18.7. The van der Waals surface area contributed by atoms with Gasteiger partial charge in [-0.3, -0.25) is 9.52 Å². The Morgan fingerprint density at radius 2 is 1.69 bits per heavy atom. The maximum Gasteiger partial charge on any atom is 0.262 e. The molecule has 29 heavy (non-hydrogen) atoms. The fourth-order valence-corrected chi connectivity index (χ4v) is 4.23. The van der Waals surface area contributed by atoms with Gasteiger partial charge in [-0.05, 0) is 55.8 Å². The number of hydrogen-bond acceptors (Lipinski definition) is 4. The molecule has 0 saturated carbocycles. The molecule has 3 aromatic rings. The summed E-state index contributed by atoms with van der Waals surface area (Å²) < 4.78 is 33.7. The minimum absolute atomic E-state index is 0.0745. The zero-order valence-electron chi connectivity index (χ0n) is 16.4. The minimum Gasteiger partial charge on any atom is -0.495 e. The minimum atomic E-state index is -3.89. The van der Waals surface area contributed by atoms with Crippen LogP contribution in [0.3, 0.4) is 0 Å². The summed E-state index contributed by atoms with van der Waals surface area (Å²) in [5.74, 6) is 0.108. The molecule has 0 aromatic heterocycles. The number of benzene rings is 3. The van der Waals surface area contributed by atoms with Crippen LogP contribution in [0.1, 0.15) is 21.5 Å². The van der Waals surface area contributed by atoms with Crippen molar-refractivity contribution in [1.29, 1.82) is 0 Å². The van der Waals surface area contributed by atoms with Crippen molar-refractivity contribution < 1.29 is 17.9 Å². The number of rotatable bonds is 6. The number of carbonyl (C=O) groups excluding carboxylic acids is 1. The molecule has 7 heteroatoms. The number of sulfonamides is 1. The number of carbonyl (C=O) groups is 1. The second-order valence-corrected chi connectivity index (χ2v) is 8.26. The molecular weight excluding hydrogens is 388 g/mol. The van der Waals surface area contributed by atoms with Crippen molar-refractivity contribution >= 4 is 27.3 Å². The molecule has 0 saturated heterocycles. The third kappa shape index (κ3) is 4.75. The van der Waals surface area contributed by atoms with Gasteiger partial charge in [0, 0.05) is 11.3 Å². The molecule has 0 radical (unpaired) electrons. The van der Waals surface area contributed by atoms with Gasteiger partial charge < -0.3 is 10.1 Å². The lowest BCUT2D eigenvalue weighted by Crippen LogP contribution is -2.16. The quantitative estimate of drug-likeness (QED) is 0.632. The van der Waals surface area contributed by atoms with Gasteiger partial charge in [-0.2, -0.15) is 0 Å². The molecule has 0 aliphatic rings. The van der Waals surface area contributed by atoms with E-state index in [0.29, 0.717) is 28.3 Å². The summed E-state index contributed by atoms with van der Waals surface area (Å²) >= 11 is 0. The molecule has 1 amide bonds. The summed E-state index contributed by atoms with van der Waals surface area (Å²) in [6.45, 7) is 3.60. The summed E-state index contributed by atoms with van der Waals surface area (Å²) in [7, 11) is -2.42. The van der Waals surface area contributed by atoms with Crippen LogP contribution < -0.4 is 14.8 Å². The topological polar surface area (TPSA) is 84.5 Å². The Hall–Kier alpha value is -3.32. The SMILES string of the molecule is COc1ccccc1NS(=O)(=O)c1cc(NC(=O)c2cccc(C)c2)ccc1C. The Bertz CT molecular complexity index is 1160. The van der Waals surface area contributed by atoms with E-state index in [1.165, 1.54) is 13.2 Å². The zero-order valence-corrected chi connectivity index (χ0v) is 17.2. The first-order chi connectivity index (χ1) is 13.8. The molecule has 6 nitrogen and oxygen atoms in total. The Balaban J connectivity index is 1.89.